The van der Waals surface area contributed by atoms with Crippen molar-refractivity contribution < 1.29 is 24.2 Å². The van der Waals surface area contributed by atoms with Crippen LogP contribution in [0.2, 0.25) is 0 Å². The van der Waals surface area contributed by atoms with Crippen molar-refractivity contribution in [1.29, 1.82) is 0 Å². The smallest absolute Gasteiger partial charge is 0.411 e. The highest BCUT2D eigenvalue weighted by Crippen LogP contribution is 2.44. The number of carboxylic acid groups (broad SMARTS) is 1. The average Bonchev–Trinajstić information content (AvgIpc) is 3.17. The Morgan fingerprint density at radius 1 is 1.00 bits per heavy atom. The summed E-state index contributed by atoms with van der Waals surface area (Å²) in [7, 11) is 0. The van der Waals surface area contributed by atoms with Crippen molar-refractivity contribution >= 4 is 39.6 Å². The average molecular weight is 537 g/mol. The lowest BCUT2D eigenvalue weighted by Gasteiger charge is -2.15. The monoisotopic (exact) mass is 536 g/mol. The molecule has 0 saturated heterocycles. The van der Waals surface area contributed by atoms with Crippen molar-refractivity contribution in [2.45, 2.75) is 19.3 Å². The molecular formula is C27H25BrN2O5. The lowest BCUT2D eigenvalue weighted by atomic mass is 9.98. The van der Waals surface area contributed by atoms with Crippen molar-refractivity contribution in [3.05, 3.63) is 87.9 Å². The summed E-state index contributed by atoms with van der Waals surface area (Å²) in [6.45, 7) is 1.99. The van der Waals surface area contributed by atoms with E-state index in [1.165, 1.54) is 0 Å². The van der Waals surface area contributed by atoms with Crippen LogP contribution in [0.25, 0.3) is 11.1 Å². The molecule has 0 radical (unpaired) electrons. The fourth-order valence-corrected chi connectivity index (χ4v) is 4.70. The van der Waals surface area contributed by atoms with Crippen LogP contribution in [-0.2, 0) is 9.53 Å². The summed E-state index contributed by atoms with van der Waals surface area (Å²) in [4.78, 5) is 36.1. The quantitative estimate of drug-likeness (QED) is 0.345. The topological polar surface area (TPSA) is 105 Å². The zero-order chi connectivity index (χ0) is 24.9. The first-order chi connectivity index (χ1) is 16.9. The van der Waals surface area contributed by atoms with E-state index in [1.54, 1.807) is 25.1 Å². The summed E-state index contributed by atoms with van der Waals surface area (Å²) in [5, 5.41) is 14.5. The molecule has 0 fully saturated rings. The highest BCUT2D eigenvalue weighted by molar-refractivity contribution is 9.10. The Morgan fingerprint density at radius 3 is 2.20 bits per heavy atom. The van der Waals surface area contributed by atoms with Gasteiger partial charge in [-0.25, -0.2) is 4.79 Å². The van der Waals surface area contributed by atoms with Crippen molar-refractivity contribution in [2.24, 2.45) is 5.92 Å². The Bertz CT molecular complexity index is 1230. The zero-order valence-electron chi connectivity index (χ0n) is 19.1. The number of fused-ring (bicyclic) bond motifs is 3. The van der Waals surface area contributed by atoms with E-state index in [0.717, 1.165) is 22.3 Å². The maximum absolute atomic E-state index is 12.5. The maximum atomic E-state index is 12.5. The molecule has 3 aromatic rings. The van der Waals surface area contributed by atoms with E-state index in [0.29, 0.717) is 22.1 Å². The molecule has 1 aliphatic rings. The van der Waals surface area contributed by atoms with Gasteiger partial charge in [-0.1, -0.05) is 55.5 Å². The molecule has 3 N–H and O–H groups in total. The lowest BCUT2D eigenvalue weighted by molar-refractivity contribution is -0.141. The van der Waals surface area contributed by atoms with Crippen LogP contribution in [0.1, 0.15) is 40.7 Å². The molecule has 0 heterocycles. The molecule has 0 aliphatic heterocycles. The van der Waals surface area contributed by atoms with Crippen LogP contribution < -0.4 is 10.6 Å². The molecule has 7 nitrogen and oxygen atoms in total. The van der Waals surface area contributed by atoms with E-state index in [1.807, 2.05) is 24.3 Å². The SMILES string of the molecule is CCC(CNC(=O)c1ccc(NC(=O)OCC2c3ccccc3-c3ccccc32)c(Br)c1)C(=O)O. The fourth-order valence-electron chi connectivity index (χ4n) is 4.23. The van der Waals surface area contributed by atoms with Crippen LogP contribution in [0.15, 0.2) is 71.2 Å². The van der Waals surface area contributed by atoms with Gasteiger partial charge in [0, 0.05) is 22.5 Å². The van der Waals surface area contributed by atoms with Crippen LogP contribution >= 0.6 is 15.9 Å². The number of amides is 2. The van der Waals surface area contributed by atoms with E-state index in [-0.39, 0.29) is 19.1 Å². The van der Waals surface area contributed by atoms with Gasteiger partial charge in [0.05, 0.1) is 11.6 Å². The lowest BCUT2D eigenvalue weighted by Crippen LogP contribution is -2.32. The number of anilines is 1. The van der Waals surface area contributed by atoms with Gasteiger partial charge in [0.15, 0.2) is 0 Å². The third-order valence-corrected chi connectivity index (χ3v) is 6.82. The van der Waals surface area contributed by atoms with E-state index in [4.69, 9.17) is 9.84 Å². The number of hydrogen-bond donors (Lipinski definition) is 3. The number of halogens is 1. The minimum absolute atomic E-state index is 0.0413. The summed E-state index contributed by atoms with van der Waals surface area (Å²) < 4.78 is 6.07. The highest BCUT2D eigenvalue weighted by atomic mass is 79.9. The van der Waals surface area contributed by atoms with E-state index >= 15 is 0 Å². The number of carboxylic acids is 1. The second-order valence-electron chi connectivity index (χ2n) is 8.30. The molecule has 0 bridgehead atoms. The van der Waals surface area contributed by atoms with Gasteiger partial charge in [-0.05, 0) is 62.8 Å². The first-order valence-electron chi connectivity index (χ1n) is 11.3. The summed E-state index contributed by atoms with van der Waals surface area (Å²) in [6.07, 6.45) is -0.181. The standard InChI is InChI=1S/C27H25BrN2O5/c1-2-16(26(32)33)14-29-25(31)17-11-12-24(23(28)13-17)30-27(34)35-15-22-20-9-5-3-7-18(20)19-8-4-6-10-21(19)22/h3-13,16,22H,2,14-15H2,1H3,(H,29,31)(H,30,34)(H,32,33). The Kier molecular flexibility index (Phi) is 7.51. The Labute approximate surface area is 211 Å². The van der Waals surface area contributed by atoms with Gasteiger partial charge in [0.1, 0.15) is 6.61 Å². The van der Waals surface area contributed by atoms with Crippen LogP contribution in [0.3, 0.4) is 0 Å². The van der Waals surface area contributed by atoms with E-state index < -0.39 is 23.9 Å². The summed E-state index contributed by atoms with van der Waals surface area (Å²) in [5.74, 6) is -2.02. The molecular weight excluding hydrogens is 512 g/mol. The van der Waals surface area contributed by atoms with Crippen LogP contribution in [0.4, 0.5) is 10.5 Å². The van der Waals surface area contributed by atoms with Gasteiger partial charge in [-0.3, -0.25) is 14.9 Å². The van der Waals surface area contributed by atoms with Crippen molar-refractivity contribution in [3.8, 4) is 11.1 Å². The molecule has 1 aliphatic carbocycles. The van der Waals surface area contributed by atoms with E-state index in [9.17, 15) is 14.4 Å². The number of ether oxygens (including phenoxy) is 1. The summed E-state index contributed by atoms with van der Waals surface area (Å²) in [5.41, 5.74) is 5.37. The van der Waals surface area contributed by atoms with Gasteiger partial charge in [0.2, 0.25) is 0 Å². The van der Waals surface area contributed by atoms with Crippen LogP contribution in [-0.4, -0.2) is 36.2 Å². The van der Waals surface area contributed by atoms with Crippen LogP contribution in [0, 0.1) is 5.92 Å². The summed E-state index contributed by atoms with van der Waals surface area (Å²) in [6, 6.07) is 20.9. The van der Waals surface area contributed by atoms with Gasteiger partial charge in [0.25, 0.3) is 5.91 Å². The normalized spacial score (nSPS) is 12.9. The maximum Gasteiger partial charge on any atom is 0.411 e. The van der Waals surface area contributed by atoms with Gasteiger partial charge in [-0.15, -0.1) is 0 Å². The predicted molar refractivity (Wildman–Crippen MR) is 137 cm³/mol. The van der Waals surface area contributed by atoms with Crippen molar-refractivity contribution in [2.75, 3.05) is 18.5 Å². The van der Waals surface area contributed by atoms with Gasteiger partial charge < -0.3 is 15.2 Å². The number of aliphatic carboxylic acids is 1. The third kappa shape index (κ3) is 5.38. The second-order valence-corrected chi connectivity index (χ2v) is 9.15. The molecule has 8 heteroatoms. The molecule has 2 amide bonds. The number of rotatable bonds is 8. The largest absolute Gasteiger partial charge is 0.481 e. The molecule has 0 spiro atoms. The number of hydrogen-bond acceptors (Lipinski definition) is 4. The number of benzene rings is 3. The molecule has 0 saturated carbocycles. The predicted octanol–water partition coefficient (Wildman–Crippen LogP) is 5.65. The van der Waals surface area contributed by atoms with Crippen molar-refractivity contribution in [1.82, 2.24) is 5.32 Å². The first kappa shape index (κ1) is 24.5. The first-order valence-corrected chi connectivity index (χ1v) is 12.1. The Hall–Kier alpha value is -3.65. The molecule has 180 valence electrons. The molecule has 1 unspecified atom stereocenters. The fraction of sp³-hybridized carbons (Fsp3) is 0.222. The third-order valence-electron chi connectivity index (χ3n) is 6.16. The number of carbonyl (C=O) groups excluding carboxylic acids is 2. The van der Waals surface area contributed by atoms with Crippen molar-refractivity contribution in [3.63, 3.8) is 0 Å². The number of nitrogens with one attached hydrogen (secondary N) is 2. The molecule has 3 aromatic carbocycles. The summed E-state index contributed by atoms with van der Waals surface area (Å²) >= 11 is 3.38. The Morgan fingerprint density at radius 2 is 1.63 bits per heavy atom. The minimum atomic E-state index is -0.948. The van der Waals surface area contributed by atoms with Crippen LogP contribution in [0.5, 0.6) is 0 Å². The minimum Gasteiger partial charge on any atom is -0.481 e. The van der Waals surface area contributed by atoms with Gasteiger partial charge in [-0.2, -0.15) is 0 Å². The number of carbonyl (C=O) groups is 3. The highest BCUT2D eigenvalue weighted by Gasteiger charge is 2.29. The molecule has 1 atom stereocenters. The molecule has 0 aromatic heterocycles. The van der Waals surface area contributed by atoms with E-state index in [2.05, 4.69) is 50.8 Å². The molecule has 35 heavy (non-hydrogen) atoms. The second kappa shape index (κ2) is 10.7. The molecule has 4 rings (SSSR count). The zero-order valence-corrected chi connectivity index (χ0v) is 20.7. The van der Waals surface area contributed by atoms with Gasteiger partial charge >= 0.3 is 12.1 Å². The Balaban J connectivity index is 1.37.